The van der Waals surface area contributed by atoms with Crippen LogP contribution in [0.5, 0.6) is 0 Å². The van der Waals surface area contributed by atoms with Crippen LogP contribution in [0.4, 0.5) is 4.39 Å². The summed E-state index contributed by atoms with van der Waals surface area (Å²) in [7, 11) is 0. The Hall–Kier alpha value is -1.42. The second-order valence-corrected chi connectivity index (χ2v) is 7.12. The van der Waals surface area contributed by atoms with Gasteiger partial charge in [-0.1, -0.05) is 6.07 Å². The highest BCUT2D eigenvalue weighted by Gasteiger charge is 2.49. The summed E-state index contributed by atoms with van der Waals surface area (Å²) in [5, 5.41) is 0. The van der Waals surface area contributed by atoms with Crippen molar-refractivity contribution in [2.24, 2.45) is 17.6 Å². The zero-order valence-corrected chi connectivity index (χ0v) is 12.0. The molecule has 3 aliphatic carbocycles. The van der Waals surface area contributed by atoms with Crippen molar-refractivity contribution in [2.45, 2.75) is 50.1 Å². The molecule has 1 heterocycles. The molecule has 0 saturated heterocycles. The van der Waals surface area contributed by atoms with Crippen molar-refractivity contribution in [1.82, 2.24) is 9.55 Å². The molecule has 1 aromatic carbocycles. The third-order valence-corrected chi connectivity index (χ3v) is 5.89. The van der Waals surface area contributed by atoms with E-state index in [-0.39, 0.29) is 11.9 Å². The molecule has 3 nitrogen and oxygen atoms in total. The first kappa shape index (κ1) is 12.2. The van der Waals surface area contributed by atoms with E-state index in [1.165, 1.54) is 38.2 Å². The number of hydrogen-bond donors (Lipinski definition) is 1. The summed E-state index contributed by atoms with van der Waals surface area (Å²) >= 11 is 0. The molecule has 1 aromatic heterocycles. The van der Waals surface area contributed by atoms with Crippen LogP contribution in [0.3, 0.4) is 0 Å². The van der Waals surface area contributed by atoms with Gasteiger partial charge in [-0.05, 0) is 56.1 Å². The second-order valence-electron chi connectivity index (χ2n) is 7.12. The molecule has 4 unspecified atom stereocenters. The predicted octanol–water partition coefficient (Wildman–Crippen LogP) is 3.35. The highest BCUT2D eigenvalue weighted by atomic mass is 19.1. The van der Waals surface area contributed by atoms with Crippen LogP contribution in [0.25, 0.3) is 11.0 Å². The van der Waals surface area contributed by atoms with Crippen molar-refractivity contribution in [3.8, 4) is 0 Å². The number of nitrogens with zero attached hydrogens (tertiary/aromatic N) is 2. The maximum absolute atomic E-state index is 14.1. The molecular weight excluding hydrogens is 265 g/mol. The predicted molar refractivity (Wildman–Crippen MR) is 79.5 cm³/mol. The van der Waals surface area contributed by atoms with Gasteiger partial charge in [0.2, 0.25) is 0 Å². The number of para-hydroxylation sites is 1. The van der Waals surface area contributed by atoms with Gasteiger partial charge in [0.05, 0.1) is 5.52 Å². The minimum atomic E-state index is -0.204. The van der Waals surface area contributed by atoms with Crippen molar-refractivity contribution in [3.63, 3.8) is 0 Å². The first-order valence-corrected chi connectivity index (χ1v) is 8.16. The molecule has 2 aromatic rings. The number of fused-ring (bicyclic) bond motifs is 3. The number of benzene rings is 1. The highest BCUT2D eigenvalue weighted by Crippen LogP contribution is 2.53. The quantitative estimate of drug-likeness (QED) is 0.919. The van der Waals surface area contributed by atoms with Crippen molar-refractivity contribution >= 4 is 11.0 Å². The van der Waals surface area contributed by atoms with Gasteiger partial charge >= 0.3 is 0 Å². The van der Waals surface area contributed by atoms with E-state index in [2.05, 4.69) is 4.57 Å². The zero-order valence-electron chi connectivity index (χ0n) is 12.0. The average molecular weight is 285 g/mol. The molecule has 3 fully saturated rings. The average Bonchev–Trinajstić information content (AvgIpc) is 2.95. The van der Waals surface area contributed by atoms with Gasteiger partial charge < -0.3 is 10.3 Å². The number of nitrogens with two attached hydrogens (primary N) is 1. The summed E-state index contributed by atoms with van der Waals surface area (Å²) in [6.07, 6.45) is 6.14. The number of rotatable bonds is 2. The van der Waals surface area contributed by atoms with Crippen molar-refractivity contribution in [1.29, 1.82) is 0 Å². The number of hydrogen-bond acceptors (Lipinski definition) is 2. The lowest BCUT2D eigenvalue weighted by atomic mass is 9.84. The fourth-order valence-corrected chi connectivity index (χ4v) is 4.77. The first-order chi connectivity index (χ1) is 10.2. The van der Waals surface area contributed by atoms with Crippen LogP contribution < -0.4 is 5.73 Å². The molecule has 2 bridgehead atoms. The Morgan fingerprint density at radius 3 is 2.67 bits per heavy atom. The normalized spacial score (nSPS) is 35.0. The van der Waals surface area contributed by atoms with E-state index in [0.29, 0.717) is 29.3 Å². The smallest absolute Gasteiger partial charge is 0.151 e. The van der Waals surface area contributed by atoms with E-state index in [1.54, 1.807) is 6.07 Å². The van der Waals surface area contributed by atoms with Gasteiger partial charge in [-0.15, -0.1) is 0 Å². The third kappa shape index (κ3) is 1.60. The summed E-state index contributed by atoms with van der Waals surface area (Å²) < 4.78 is 16.4. The van der Waals surface area contributed by atoms with Crippen LogP contribution in [-0.2, 0) is 0 Å². The van der Waals surface area contributed by atoms with Crippen LogP contribution in [0.2, 0.25) is 0 Å². The first-order valence-electron chi connectivity index (χ1n) is 8.16. The van der Waals surface area contributed by atoms with E-state index in [1.807, 2.05) is 6.07 Å². The van der Waals surface area contributed by atoms with Crippen molar-refractivity contribution in [2.75, 3.05) is 0 Å². The summed E-state index contributed by atoms with van der Waals surface area (Å²) in [4.78, 5) is 4.73. The second kappa shape index (κ2) is 4.07. The molecule has 0 aliphatic heterocycles. The van der Waals surface area contributed by atoms with Crippen LogP contribution in [0.1, 0.15) is 49.9 Å². The van der Waals surface area contributed by atoms with E-state index in [4.69, 9.17) is 10.7 Å². The number of imidazole rings is 1. The maximum Gasteiger partial charge on any atom is 0.151 e. The fraction of sp³-hybridized carbons (Fsp3) is 0.588. The van der Waals surface area contributed by atoms with Gasteiger partial charge in [0.1, 0.15) is 11.3 Å². The summed E-state index contributed by atoms with van der Waals surface area (Å²) in [6, 6.07) is 6.03. The van der Waals surface area contributed by atoms with Crippen LogP contribution in [-0.4, -0.2) is 15.6 Å². The monoisotopic (exact) mass is 285 g/mol. The van der Waals surface area contributed by atoms with E-state index >= 15 is 0 Å². The molecule has 0 spiro atoms. The van der Waals surface area contributed by atoms with Gasteiger partial charge in [-0.3, -0.25) is 0 Å². The fourth-order valence-electron chi connectivity index (χ4n) is 4.77. The Kier molecular flexibility index (Phi) is 2.35. The summed E-state index contributed by atoms with van der Waals surface area (Å²) in [5.74, 6) is 2.50. The van der Waals surface area contributed by atoms with Crippen molar-refractivity contribution < 1.29 is 4.39 Å². The topological polar surface area (TPSA) is 43.8 Å². The van der Waals surface area contributed by atoms with Crippen LogP contribution >= 0.6 is 0 Å². The van der Waals surface area contributed by atoms with Gasteiger partial charge in [0, 0.05) is 18.0 Å². The molecule has 0 amide bonds. The maximum atomic E-state index is 14.1. The molecule has 110 valence electrons. The molecule has 4 heteroatoms. The lowest BCUT2D eigenvalue weighted by molar-refractivity contribution is 0.347. The minimum Gasteiger partial charge on any atom is -0.327 e. The van der Waals surface area contributed by atoms with E-state index in [9.17, 15) is 4.39 Å². The number of aromatic nitrogens is 2. The molecule has 2 N–H and O–H groups in total. The Balaban J connectivity index is 1.72. The van der Waals surface area contributed by atoms with Gasteiger partial charge in [-0.2, -0.15) is 0 Å². The molecule has 21 heavy (non-hydrogen) atoms. The Morgan fingerprint density at radius 2 is 1.95 bits per heavy atom. The number of halogens is 1. The standard InChI is InChI=1S/C17H20FN3/c18-12-2-1-3-13-16(12)20-17(21(13)11-6-7-11)14-9-4-5-10(8-9)15(14)19/h1-3,9-11,14-15H,4-8,19H2. The van der Waals surface area contributed by atoms with Gasteiger partial charge in [0.15, 0.2) is 5.82 Å². The molecule has 0 radical (unpaired) electrons. The largest absolute Gasteiger partial charge is 0.327 e. The Labute approximate surface area is 123 Å². The van der Waals surface area contributed by atoms with Crippen LogP contribution in [0, 0.1) is 17.7 Å². The minimum absolute atomic E-state index is 0.204. The molecule has 4 atom stereocenters. The van der Waals surface area contributed by atoms with Gasteiger partial charge in [0.25, 0.3) is 0 Å². The Bertz CT molecular complexity index is 716. The zero-order chi connectivity index (χ0) is 14.1. The van der Waals surface area contributed by atoms with E-state index < -0.39 is 0 Å². The highest BCUT2D eigenvalue weighted by molar-refractivity contribution is 5.77. The molecule has 3 saturated carbocycles. The van der Waals surface area contributed by atoms with Crippen LogP contribution in [0.15, 0.2) is 18.2 Å². The summed E-state index contributed by atoms with van der Waals surface area (Å²) in [5.41, 5.74) is 8.00. The molecular formula is C17H20FN3. The van der Waals surface area contributed by atoms with Gasteiger partial charge in [-0.25, -0.2) is 9.37 Å². The lowest BCUT2D eigenvalue weighted by Gasteiger charge is -2.28. The molecule has 3 aliphatic rings. The lowest BCUT2D eigenvalue weighted by Crippen LogP contribution is -2.35. The van der Waals surface area contributed by atoms with Crippen molar-refractivity contribution in [3.05, 3.63) is 29.8 Å². The summed E-state index contributed by atoms with van der Waals surface area (Å²) in [6.45, 7) is 0. The SMILES string of the molecule is NC1C2CCC(C2)C1c1nc2c(F)cccc2n1C1CC1. The Morgan fingerprint density at radius 1 is 1.14 bits per heavy atom. The molecule has 5 rings (SSSR count). The third-order valence-electron chi connectivity index (χ3n) is 5.89. The van der Waals surface area contributed by atoms with E-state index in [0.717, 1.165) is 11.3 Å².